The van der Waals surface area contributed by atoms with Gasteiger partial charge in [0.2, 0.25) is 11.9 Å². The largest absolute Gasteiger partial charge is 0.369 e. The maximum Gasteiger partial charge on any atom is 0.223 e. The average molecular weight is 251 g/mol. The second-order valence-electron chi connectivity index (χ2n) is 4.16. The van der Waals surface area contributed by atoms with Gasteiger partial charge in [0.1, 0.15) is 11.6 Å². The summed E-state index contributed by atoms with van der Waals surface area (Å²) < 4.78 is 0. The van der Waals surface area contributed by atoms with Crippen LogP contribution in [0.3, 0.4) is 0 Å². The maximum absolute atomic E-state index is 11.4. The van der Waals surface area contributed by atoms with Crippen molar-refractivity contribution < 1.29 is 4.79 Å². The van der Waals surface area contributed by atoms with Gasteiger partial charge in [-0.2, -0.15) is 9.97 Å². The summed E-state index contributed by atoms with van der Waals surface area (Å²) in [5, 5.41) is 5.90. The van der Waals surface area contributed by atoms with Crippen molar-refractivity contribution in [2.45, 2.75) is 25.3 Å². The number of carbonyl (C=O) groups excluding carboxylic acids is 1. The molecular weight excluding hydrogens is 234 g/mol. The second kappa shape index (κ2) is 5.50. The fraction of sp³-hybridized carbons (Fsp3) is 0.500. The van der Waals surface area contributed by atoms with Crippen LogP contribution in [0.1, 0.15) is 19.3 Å². The lowest BCUT2D eigenvalue weighted by atomic mass is 10.4. The molecule has 1 heterocycles. The van der Waals surface area contributed by atoms with Gasteiger partial charge in [-0.25, -0.2) is 5.84 Å². The van der Waals surface area contributed by atoms with Gasteiger partial charge in [-0.05, 0) is 12.8 Å². The van der Waals surface area contributed by atoms with Crippen molar-refractivity contribution in [2.75, 3.05) is 23.0 Å². The van der Waals surface area contributed by atoms with Gasteiger partial charge in [0.05, 0.1) is 0 Å². The molecule has 0 aromatic carbocycles. The first kappa shape index (κ1) is 12.4. The molecule has 0 atom stereocenters. The Morgan fingerprint density at radius 2 is 2.11 bits per heavy atom. The summed E-state index contributed by atoms with van der Waals surface area (Å²) in [4.78, 5) is 19.3. The third-order valence-corrected chi connectivity index (χ3v) is 2.49. The summed E-state index contributed by atoms with van der Waals surface area (Å²) in [5.41, 5.74) is 7.89. The van der Waals surface area contributed by atoms with E-state index in [1.165, 1.54) is 0 Å². The molecule has 1 aromatic heterocycles. The van der Waals surface area contributed by atoms with Crippen LogP contribution in [0.5, 0.6) is 0 Å². The molecule has 8 heteroatoms. The Bertz CT molecular complexity index is 432. The summed E-state index contributed by atoms with van der Waals surface area (Å²) in [7, 11) is 0. The topological polar surface area (TPSA) is 131 Å². The van der Waals surface area contributed by atoms with E-state index in [0.717, 1.165) is 12.8 Å². The SMILES string of the molecule is NNc1cc(NCCC(=O)NC2CC2)nc(N)n1. The number of rotatable bonds is 6. The predicted molar refractivity (Wildman–Crippen MR) is 68.5 cm³/mol. The van der Waals surface area contributed by atoms with Gasteiger partial charge in [0.25, 0.3) is 0 Å². The van der Waals surface area contributed by atoms with E-state index in [-0.39, 0.29) is 11.9 Å². The lowest BCUT2D eigenvalue weighted by molar-refractivity contribution is -0.120. The molecule has 1 amide bonds. The van der Waals surface area contributed by atoms with Crippen molar-refractivity contribution >= 4 is 23.5 Å². The molecule has 98 valence electrons. The first-order chi connectivity index (χ1) is 8.67. The third-order valence-electron chi connectivity index (χ3n) is 2.49. The molecule has 0 spiro atoms. The van der Waals surface area contributed by atoms with Crippen LogP contribution in [-0.2, 0) is 4.79 Å². The number of nitrogens with two attached hydrogens (primary N) is 2. The molecule has 18 heavy (non-hydrogen) atoms. The van der Waals surface area contributed by atoms with Crippen LogP contribution in [0.2, 0.25) is 0 Å². The van der Waals surface area contributed by atoms with E-state index in [4.69, 9.17) is 11.6 Å². The lowest BCUT2D eigenvalue weighted by Crippen LogP contribution is -2.27. The zero-order valence-electron chi connectivity index (χ0n) is 9.94. The number of hydrogen-bond acceptors (Lipinski definition) is 7. The number of amides is 1. The van der Waals surface area contributed by atoms with Crippen molar-refractivity contribution in [3.8, 4) is 0 Å². The molecule has 0 saturated heterocycles. The Labute approximate surface area is 105 Å². The number of hydrazine groups is 1. The highest BCUT2D eigenvalue weighted by Gasteiger charge is 2.22. The molecule has 0 bridgehead atoms. The van der Waals surface area contributed by atoms with Crippen molar-refractivity contribution in [3.63, 3.8) is 0 Å². The minimum absolute atomic E-state index is 0.0456. The number of nitrogens with one attached hydrogen (secondary N) is 3. The summed E-state index contributed by atoms with van der Waals surface area (Å²) >= 11 is 0. The second-order valence-corrected chi connectivity index (χ2v) is 4.16. The van der Waals surface area contributed by atoms with E-state index in [1.807, 2.05) is 0 Å². The smallest absolute Gasteiger partial charge is 0.223 e. The average Bonchev–Trinajstić information content (AvgIpc) is 3.12. The first-order valence-electron chi connectivity index (χ1n) is 5.82. The lowest BCUT2D eigenvalue weighted by Gasteiger charge is -2.08. The number of nitrogen functional groups attached to an aromatic ring is 2. The molecule has 1 fully saturated rings. The van der Waals surface area contributed by atoms with Crippen LogP contribution in [-0.4, -0.2) is 28.5 Å². The van der Waals surface area contributed by atoms with Gasteiger partial charge < -0.3 is 21.8 Å². The van der Waals surface area contributed by atoms with Gasteiger partial charge >= 0.3 is 0 Å². The number of anilines is 3. The van der Waals surface area contributed by atoms with Crippen LogP contribution in [0, 0.1) is 0 Å². The van der Waals surface area contributed by atoms with Gasteiger partial charge in [-0.1, -0.05) is 0 Å². The molecule has 0 radical (unpaired) electrons. The molecule has 0 aliphatic heterocycles. The molecule has 2 rings (SSSR count). The van der Waals surface area contributed by atoms with Crippen molar-refractivity contribution in [3.05, 3.63) is 6.07 Å². The molecule has 8 nitrogen and oxygen atoms in total. The Kier molecular flexibility index (Phi) is 3.78. The summed E-state index contributed by atoms with van der Waals surface area (Å²) in [6.45, 7) is 0.485. The number of nitrogens with zero attached hydrogens (tertiary/aromatic N) is 2. The maximum atomic E-state index is 11.4. The first-order valence-corrected chi connectivity index (χ1v) is 5.82. The zero-order chi connectivity index (χ0) is 13.0. The standard InChI is InChI=1S/C10H17N7O/c11-10-15-7(5-8(16-10)17-12)13-4-3-9(18)14-6-1-2-6/h5-6H,1-4,12H2,(H,14,18)(H4,11,13,15,16,17). The Hall–Kier alpha value is -2.09. The Balaban J connectivity index is 1.78. The normalized spacial score (nSPS) is 14.1. The summed E-state index contributed by atoms with van der Waals surface area (Å²) in [6.07, 6.45) is 2.58. The van der Waals surface area contributed by atoms with Crippen LogP contribution in [0.4, 0.5) is 17.6 Å². The highest BCUT2D eigenvalue weighted by Crippen LogP contribution is 2.18. The number of hydrogen-bond donors (Lipinski definition) is 5. The molecule has 1 aliphatic carbocycles. The van der Waals surface area contributed by atoms with Crippen molar-refractivity contribution in [1.29, 1.82) is 0 Å². The highest BCUT2D eigenvalue weighted by atomic mass is 16.1. The molecule has 1 saturated carbocycles. The van der Waals surface area contributed by atoms with E-state index in [2.05, 4.69) is 26.0 Å². The highest BCUT2D eigenvalue weighted by molar-refractivity contribution is 5.77. The van der Waals surface area contributed by atoms with E-state index in [9.17, 15) is 4.79 Å². The molecule has 1 aliphatic rings. The minimum Gasteiger partial charge on any atom is -0.369 e. The minimum atomic E-state index is 0.0456. The molecule has 7 N–H and O–H groups in total. The third kappa shape index (κ3) is 3.74. The Morgan fingerprint density at radius 1 is 1.39 bits per heavy atom. The fourth-order valence-electron chi connectivity index (χ4n) is 1.46. The summed E-state index contributed by atoms with van der Waals surface area (Å²) in [5.74, 6) is 6.37. The van der Waals surface area contributed by atoms with Crippen LogP contribution in [0.25, 0.3) is 0 Å². The van der Waals surface area contributed by atoms with Gasteiger partial charge in [0.15, 0.2) is 0 Å². The Morgan fingerprint density at radius 3 is 2.78 bits per heavy atom. The number of aromatic nitrogens is 2. The zero-order valence-corrected chi connectivity index (χ0v) is 9.94. The fourth-order valence-corrected chi connectivity index (χ4v) is 1.46. The molecule has 0 unspecified atom stereocenters. The van der Waals surface area contributed by atoms with Crippen LogP contribution in [0.15, 0.2) is 6.07 Å². The number of carbonyl (C=O) groups is 1. The van der Waals surface area contributed by atoms with Crippen LogP contribution >= 0.6 is 0 Å². The van der Waals surface area contributed by atoms with E-state index < -0.39 is 0 Å². The predicted octanol–water partition coefficient (Wildman–Crippen LogP) is -0.575. The van der Waals surface area contributed by atoms with E-state index >= 15 is 0 Å². The van der Waals surface area contributed by atoms with Gasteiger partial charge in [-0.15, -0.1) is 0 Å². The van der Waals surface area contributed by atoms with E-state index in [1.54, 1.807) is 6.07 Å². The van der Waals surface area contributed by atoms with Gasteiger partial charge in [0, 0.05) is 25.1 Å². The van der Waals surface area contributed by atoms with Crippen molar-refractivity contribution in [1.82, 2.24) is 15.3 Å². The van der Waals surface area contributed by atoms with Crippen LogP contribution < -0.4 is 27.6 Å². The van der Waals surface area contributed by atoms with E-state index in [0.29, 0.717) is 30.6 Å². The molecular formula is C10H17N7O. The molecule has 1 aromatic rings. The quantitative estimate of drug-likeness (QED) is 0.338. The van der Waals surface area contributed by atoms with Gasteiger partial charge in [-0.3, -0.25) is 4.79 Å². The monoisotopic (exact) mass is 251 g/mol. The summed E-state index contributed by atoms with van der Waals surface area (Å²) in [6, 6.07) is 2.01. The van der Waals surface area contributed by atoms with Crippen molar-refractivity contribution in [2.24, 2.45) is 5.84 Å².